The maximum absolute atomic E-state index is 13.3. The van der Waals surface area contributed by atoms with Crippen molar-refractivity contribution in [2.24, 2.45) is 0 Å². The molecule has 0 saturated carbocycles. The number of anilines is 3. The van der Waals surface area contributed by atoms with Gasteiger partial charge in [0, 0.05) is 23.9 Å². The first kappa shape index (κ1) is 20.1. The Morgan fingerprint density at radius 1 is 1.03 bits per heavy atom. The number of nitrogens with one attached hydrogen (secondary N) is 4. The van der Waals surface area contributed by atoms with Crippen molar-refractivity contribution in [3.05, 3.63) is 64.0 Å². The van der Waals surface area contributed by atoms with Crippen LogP contribution >= 0.6 is 15.9 Å². The number of amidine groups is 1. The van der Waals surface area contributed by atoms with Gasteiger partial charge in [0.15, 0.2) is 11.5 Å². The van der Waals surface area contributed by atoms with E-state index in [9.17, 15) is 14.0 Å². The van der Waals surface area contributed by atoms with E-state index >= 15 is 0 Å². The number of hydrogen-bond acceptors (Lipinski definition) is 6. The summed E-state index contributed by atoms with van der Waals surface area (Å²) in [5.74, 6) is -1.43. The molecule has 0 aliphatic carbocycles. The van der Waals surface area contributed by atoms with Crippen LogP contribution in [0.25, 0.3) is 0 Å². The molecule has 1 heterocycles. The maximum Gasteiger partial charge on any atom is 0.256 e. The molecule has 2 amide bonds. The molecule has 0 saturated heterocycles. The molecule has 3 rings (SSSR count). The number of benzene rings is 2. The first-order valence-corrected chi connectivity index (χ1v) is 8.95. The van der Waals surface area contributed by atoms with Crippen LogP contribution in [0.3, 0.4) is 0 Å². The molecule has 0 bridgehead atoms. The molecule has 9 nitrogen and oxygen atoms in total. The number of carbonyl (C=O) groups excluding carboxylic acids is 2. The second kappa shape index (κ2) is 8.61. The van der Waals surface area contributed by atoms with E-state index in [4.69, 9.17) is 5.41 Å². The number of amides is 2. The summed E-state index contributed by atoms with van der Waals surface area (Å²) in [5, 5.41) is 23.2. The minimum atomic E-state index is -0.506. The fourth-order valence-corrected chi connectivity index (χ4v) is 2.68. The van der Waals surface area contributed by atoms with Crippen LogP contribution in [0.4, 0.5) is 21.6 Å². The molecule has 2 aromatic carbocycles. The van der Waals surface area contributed by atoms with E-state index in [1.54, 1.807) is 12.1 Å². The molecule has 4 N–H and O–H groups in total. The largest absolute Gasteiger partial charge is 0.339 e. The van der Waals surface area contributed by atoms with Gasteiger partial charge in [-0.1, -0.05) is 0 Å². The van der Waals surface area contributed by atoms with Gasteiger partial charge in [0.25, 0.3) is 5.91 Å². The molecule has 0 atom stereocenters. The maximum atomic E-state index is 13.3. The topological polar surface area (TPSA) is 133 Å². The number of carbonyl (C=O) groups is 2. The Balaban J connectivity index is 1.70. The summed E-state index contributed by atoms with van der Waals surface area (Å²) >= 11 is 3.06. The Kier molecular flexibility index (Phi) is 5.98. The van der Waals surface area contributed by atoms with Crippen LogP contribution in [-0.4, -0.2) is 28.0 Å². The molecular weight excluding hydrogens is 447 g/mol. The lowest BCUT2D eigenvalue weighted by atomic mass is 10.2. The number of rotatable bonds is 5. The van der Waals surface area contributed by atoms with Crippen molar-refractivity contribution < 1.29 is 18.6 Å². The second-order valence-corrected chi connectivity index (χ2v) is 6.66. The first-order valence-electron chi connectivity index (χ1n) is 8.16. The van der Waals surface area contributed by atoms with E-state index in [1.807, 2.05) is 0 Å². The van der Waals surface area contributed by atoms with Gasteiger partial charge in [0.05, 0.1) is 4.47 Å². The van der Waals surface area contributed by atoms with Crippen LogP contribution in [-0.2, 0) is 4.79 Å². The third-order valence-corrected chi connectivity index (χ3v) is 4.22. The predicted octanol–water partition coefficient (Wildman–Crippen LogP) is 3.62. The summed E-state index contributed by atoms with van der Waals surface area (Å²) in [5.41, 5.74) is 1.25. The highest BCUT2D eigenvalue weighted by Crippen LogP contribution is 2.21. The summed E-state index contributed by atoms with van der Waals surface area (Å²) in [6.45, 7) is 1.38. The Hall–Kier alpha value is -3.60. The van der Waals surface area contributed by atoms with E-state index in [0.717, 1.165) is 0 Å². The van der Waals surface area contributed by atoms with E-state index in [1.165, 1.54) is 37.3 Å². The molecule has 0 spiro atoms. The van der Waals surface area contributed by atoms with E-state index in [0.29, 0.717) is 16.9 Å². The highest BCUT2D eigenvalue weighted by Gasteiger charge is 2.19. The number of nitrogens with zero attached hydrogens (tertiary/aromatic N) is 2. The van der Waals surface area contributed by atoms with Crippen LogP contribution in [0.5, 0.6) is 0 Å². The molecule has 1 aromatic heterocycles. The predicted molar refractivity (Wildman–Crippen MR) is 108 cm³/mol. The van der Waals surface area contributed by atoms with Crippen LogP contribution < -0.4 is 16.0 Å². The summed E-state index contributed by atoms with van der Waals surface area (Å²) in [6.07, 6.45) is 0. The molecular formula is C18H14BrFN6O3. The second-order valence-electron chi connectivity index (χ2n) is 5.80. The molecule has 0 unspecified atom stereocenters. The Bertz CT molecular complexity index is 1080. The third-order valence-electron chi connectivity index (χ3n) is 3.61. The van der Waals surface area contributed by atoms with Gasteiger partial charge in [-0.3, -0.25) is 15.0 Å². The van der Waals surface area contributed by atoms with Crippen molar-refractivity contribution in [1.29, 1.82) is 5.41 Å². The van der Waals surface area contributed by atoms with Crippen molar-refractivity contribution in [3.8, 4) is 0 Å². The quantitative estimate of drug-likeness (QED) is 0.339. The average molecular weight is 461 g/mol. The first-order chi connectivity index (χ1) is 13.8. The van der Waals surface area contributed by atoms with Gasteiger partial charge < -0.3 is 16.0 Å². The smallest absolute Gasteiger partial charge is 0.256 e. The molecule has 0 aliphatic heterocycles. The Morgan fingerprint density at radius 2 is 1.72 bits per heavy atom. The molecule has 148 valence electrons. The minimum Gasteiger partial charge on any atom is -0.339 e. The van der Waals surface area contributed by atoms with Crippen LogP contribution in [0.15, 0.2) is 51.6 Å². The zero-order valence-electron chi connectivity index (χ0n) is 14.9. The van der Waals surface area contributed by atoms with Gasteiger partial charge in [-0.15, -0.1) is 0 Å². The molecule has 0 aliphatic rings. The van der Waals surface area contributed by atoms with Crippen molar-refractivity contribution in [2.45, 2.75) is 6.92 Å². The molecule has 3 aromatic rings. The van der Waals surface area contributed by atoms with Crippen LogP contribution in [0.1, 0.15) is 23.0 Å². The highest BCUT2D eigenvalue weighted by atomic mass is 79.9. The van der Waals surface area contributed by atoms with Crippen molar-refractivity contribution in [2.75, 3.05) is 16.0 Å². The fraction of sp³-hybridized carbons (Fsp3) is 0.0556. The highest BCUT2D eigenvalue weighted by molar-refractivity contribution is 9.10. The van der Waals surface area contributed by atoms with Gasteiger partial charge in [-0.25, -0.2) is 9.02 Å². The van der Waals surface area contributed by atoms with Crippen LogP contribution in [0.2, 0.25) is 0 Å². The Morgan fingerprint density at radius 3 is 2.38 bits per heavy atom. The number of halogens is 2. The molecule has 0 fully saturated rings. The van der Waals surface area contributed by atoms with Crippen molar-refractivity contribution in [1.82, 2.24) is 10.3 Å². The lowest BCUT2D eigenvalue weighted by Gasteiger charge is -2.08. The summed E-state index contributed by atoms with van der Waals surface area (Å²) < 4.78 is 18.2. The van der Waals surface area contributed by atoms with Gasteiger partial charge in [0.2, 0.25) is 11.7 Å². The Labute approximate surface area is 172 Å². The van der Waals surface area contributed by atoms with Gasteiger partial charge in [-0.05, 0) is 68.7 Å². The summed E-state index contributed by atoms with van der Waals surface area (Å²) in [7, 11) is 0. The molecule has 0 radical (unpaired) electrons. The van der Waals surface area contributed by atoms with E-state index in [2.05, 4.69) is 46.8 Å². The minimum absolute atomic E-state index is 0.0336. The fourth-order valence-electron chi connectivity index (χ4n) is 2.30. The monoisotopic (exact) mass is 460 g/mol. The van der Waals surface area contributed by atoms with Gasteiger partial charge >= 0.3 is 0 Å². The summed E-state index contributed by atoms with van der Waals surface area (Å²) in [4.78, 5) is 23.5. The zero-order valence-corrected chi connectivity index (χ0v) is 16.5. The third kappa shape index (κ3) is 5.02. The summed E-state index contributed by atoms with van der Waals surface area (Å²) in [6, 6.07) is 10.3. The van der Waals surface area contributed by atoms with Crippen molar-refractivity contribution >= 4 is 50.8 Å². The number of hydrogen-bond donors (Lipinski definition) is 4. The van der Waals surface area contributed by atoms with E-state index in [-0.39, 0.29) is 27.7 Å². The average Bonchev–Trinajstić information content (AvgIpc) is 3.13. The van der Waals surface area contributed by atoms with Crippen LogP contribution in [0, 0.1) is 11.2 Å². The zero-order chi connectivity index (χ0) is 21.0. The SMILES string of the molecule is CC(=O)Nc1ccc(C(=O)Nc2nonc2C(=N)Nc2ccc(F)c(Br)c2)cc1. The van der Waals surface area contributed by atoms with E-state index < -0.39 is 11.7 Å². The van der Waals surface area contributed by atoms with Crippen molar-refractivity contribution in [3.63, 3.8) is 0 Å². The molecule has 29 heavy (non-hydrogen) atoms. The van der Waals surface area contributed by atoms with Gasteiger partial charge in [0.1, 0.15) is 5.82 Å². The standard InChI is InChI=1S/C18H14BrFN6O3/c1-9(27)22-11-4-2-10(3-5-11)18(28)24-17-15(25-29-26-17)16(21)23-12-6-7-14(20)13(19)8-12/h2-8H,1H3,(H2,21,23)(H,22,27)(H,24,26,28). The lowest BCUT2D eigenvalue weighted by molar-refractivity contribution is -0.114. The lowest BCUT2D eigenvalue weighted by Crippen LogP contribution is -2.18. The van der Waals surface area contributed by atoms with Gasteiger partial charge in [-0.2, -0.15) is 0 Å². The molecule has 11 heteroatoms. The number of aromatic nitrogens is 2. The normalized spacial score (nSPS) is 10.3.